The summed E-state index contributed by atoms with van der Waals surface area (Å²) in [4.78, 5) is 45.7. The average molecular weight is 754 g/mol. The van der Waals surface area contributed by atoms with Crippen molar-refractivity contribution in [2.75, 3.05) is 19.8 Å². The van der Waals surface area contributed by atoms with Crippen molar-refractivity contribution in [1.82, 2.24) is 0 Å². The van der Waals surface area contributed by atoms with E-state index in [-0.39, 0.29) is 19.4 Å². The van der Waals surface area contributed by atoms with Gasteiger partial charge in [-0.2, -0.15) is 0 Å². The second-order valence-electron chi connectivity index (χ2n) is 12.7. The van der Waals surface area contributed by atoms with E-state index < -0.39 is 51.1 Å². The number of phosphoric acid groups is 1. The van der Waals surface area contributed by atoms with E-state index in [1.54, 1.807) is 0 Å². The molecule has 0 fully saturated rings. The highest BCUT2D eigenvalue weighted by molar-refractivity contribution is 7.47. The lowest BCUT2D eigenvalue weighted by Gasteiger charge is -2.20. The predicted octanol–water partition coefficient (Wildman–Crippen LogP) is 9.61. The molecule has 0 aliphatic heterocycles. The van der Waals surface area contributed by atoms with Crippen LogP contribution in [0.15, 0.2) is 60.8 Å². The number of allylic oxidation sites excluding steroid dienone is 10. The molecule has 0 aromatic rings. The molecule has 0 spiro atoms. The normalized spacial score (nSPS) is 14.5. The molecule has 0 bridgehead atoms. The van der Waals surface area contributed by atoms with Crippen LogP contribution in [0.2, 0.25) is 0 Å². The van der Waals surface area contributed by atoms with E-state index in [2.05, 4.69) is 79.1 Å². The lowest BCUT2D eigenvalue weighted by molar-refractivity contribution is -0.161. The second-order valence-corrected chi connectivity index (χ2v) is 14.2. The van der Waals surface area contributed by atoms with Crippen LogP contribution in [0, 0.1) is 0 Å². The van der Waals surface area contributed by atoms with Crippen LogP contribution in [0.1, 0.15) is 142 Å². The van der Waals surface area contributed by atoms with Crippen molar-refractivity contribution in [1.29, 1.82) is 0 Å². The Hall–Kier alpha value is -2.82. The summed E-state index contributed by atoms with van der Waals surface area (Å²) in [5, 5.41) is 8.86. The van der Waals surface area contributed by atoms with Crippen molar-refractivity contribution in [3.63, 3.8) is 0 Å². The molecule has 0 aliphatic rings. The average Bonchev–Trinajstić information content (AvgIpc) is 3.12. The maximum Gasteiger partial charge on any atom is 0.472 e. The van der Waals surface area contributed by atoms with E-state index in [0.717, 1.165) is 83.5 Å². The molecular weight excluding hydrogens is 685 g/mol. The monoisotopic (exact) mass is 753 g/mol. The van der Waals surface area contributed by atoms with Gasteiger partial charge in [0, 0.05) is 12.8 Å². The minimum atomic E-state index is -4.72. The maximum atomic E-state index is 12.6. The van der Waals surface area contributed by atoms with Crippen LogP contribution >= 0.6 is 7.82 Å². The third-order valence-corrected chi connectivity index (χ3v) is 8.67. The van der Waals surface area contributed by atoms with Gasteiger partial charge in [0.25, 0.3) is 0 Å². The topological polar surface area (TPSA) is 172 Å². The molecule has 0 aromatic carbocycles. The standard InChI is InChI=1S/C40H68NO10P/c1-3-5-7-9-11-13-15-16-17-18-19-20-22-24-26-28-30-32-39(43)51-36(34-49-52(46,47)50-35-37(41)40(44)45)33-48-38(42)31-29-27-25-23-21-14-12-10-8-6-4-2/h7,9-10,12-13,15,17-18,20,22,36-37H,3-6,8,11,14,16,19,21,23-35,41H2,1-2H3,(H,44,45)(H,46,47)/b9-7+,12-10+,15-13+,18-17+,22-20+/t36-,37-/m0/s1. The Morgan fingerprint density at radius 3 is 1.63 bits per heavy atom. The van der Waals surface area contributed by atoms with E-state index in [1.807, 2.05) is 0 Å². The van der Waals surface area contributed by atoms with Crippen molar-refractivity contribution in [2.24, 2.45) is 5.73 Å². The van der Waals surface area contributed by atoms with E-state index in [0.29, 0.717) is 12.8 Å². The van der Waals surface area contributed by atoms with Gasteiger partial charge < -0.3 is 25.2 Å². The molecule has 0 heterocycles. The Bertz CT molecular complexity index is 1120. The van der Waals surface area contributed by atoms with Crippen LogP contribution in [-0.4, -0.2) is 59.9 Å². The highest BCUT2D eigenvalue weighted by Gasteiger charge is 2.28. The fraction of sp³-hybridized carbons (Fsp3) is 0.675. The molecule has 0 radical (unpaired) electrons. The Morgan fingerprint density at radius 1 is 0.596 bits per heavy atom. The quantitative estimate of drug-likeness (QED) is 0.0244. The first kappa shape index (κ1) is 49.2. The van der Waals surface area contributed by atoms with Gasteiger partial charge in [0.05, 0.1) is 13.2 Å². The van der Waals surface area contributed by atoms with E-state index in [9.17, 15) is 23.8 Å². The molecule has 0 aliphatic carbocycles. The Morgan fingerprint density at radius 2 is 1.06 bits per heavy atom. The molecule has 11 nitrogen and oxygen atoms in total. The van der Waals surface area contributed by atoms with Crippen LogP contribution in [0.5, 0.6) is 0 Å². The molecule has 52 heavy (non-hydrogen) atoms. The first-order valence-electron chi connectivity index (χ1n) is 19.3. The highest BCUT2D eigenvalue weighted by Crippen LogP contribution is 2.43. The Kier molecular flexibility index (Phi) is 33.3. The maximum absolute atomic E-state index is 12.6. The van der Waals surface area contributed by atoms with Gasteiger partial charge in [-0.25, -0.2) is 4.57 Å². The minimum Gasteiger partial charge on any atom is -0.480 e. The summed E-state index contributed by atoms with van der Waals surface area (Å²) in [7, 11) is -4.72. The first-order chi connectivity index (χ1) is 25.1. The molecule has 0 saturated heterocycles. The summed E-state index contributed by atoms with van der Waals surface area (Å²) < 4.78 is 32.5. The SMILES string of the molecule is CCC/C=C/C/C=C/C/C=C/C/C=C/CCCCCC(=O)O[C@@H](COC(=O)CCCCCCC/C=C/CCCC)COP(=O)(O)OC[C@H](N)C(=O)O. The molecule has 298 valence electrons. The van der Waals surface area contributed by atoms with E-state index in [1.165, 1.54) is 19.3 Å². The van der Waals surface area contributed by atoms with Gasteiger partial charge in [0.15, 0.2) is 6.10 Å². The largest absolute Gasteiger partial charge is 0.480 e. The zero-order valence-electron chi connectivity index (χ0n) is 31.9. The van der Waals surface area contributed by atoms with Crippen molar-refractivity contribution >= 4 is 25.7 Å². The summed E-state index contributed by atoms with van der Waals surface area (Å²) in [6.45, 7) is 2.62. The molecule has 1 unspecified atom stereocenters. The van der Waals surface area contributed by atoms with E-state index >= 15 is 0 Å². The third kappa shape index (κ3) is 34.3. The number of hydrogen-bond donors (Lipinski definition) is 3. The number of unbranched alkanes of at least 4 members (excludes halogenated alkanes) is 11. The smallest absolute Gasteiger partial charge is 0.472 e. The highest BCUT2D eigenvalue weighted by atomic mass is 31.2. The number of carboxylic acids is 1. The molecule has 0 rings (SSSR count). The zero-order chi connectivity index (χ0) is 38.5. The molecule has 3 atom stereocenters. The van der Waals surface area contributed by atoms with Gasteiger partial charge in [-0.1, -0.05) is 120 Å². The fourth-order valence-corrected chi connectivity index (χ4v) is 5.40. The van der Waals surface area contributed by atoms with Crippen molar-refractivity contribution in [3.05, 3.63) is 60.8 Å². The number of phosphoric ester groups is 1. The lowest BCUT2D eigenvalue weighted by Crippen LogP contribution is -2.34. The summed E-state index contributed by atoms with van der Waals surface area (Å²) in [6, 6.07) is -1.53. The number of hydrogen-bond acceptors (Lipinski definition) is 9. The van der Waals surface area contributed by atoms with E-state index in [4.69, 9.17) is 24.8 Å². The fourth-order valence-electron chi connectivity index (χ4n) is 4.62. The minimum absolute atomic E-state index is 0.119. The molecule has 0 amide bonds. The van der Waals surface area contributed by atoms with Gasteiger partial charge in [0.2, 0.25) is 0 Å². The number of ether oxygens (including phenoxy) is 2. The van der Waals surface area contributed by atoms with Crippen LogP contribution in [0.25, 0.3) is 0 Å². The van der Waals surface area contributed by atoms with Crippen LogP contribution in [0.3, 0.4) is 0 Å². The number of carbonyl (C=O) groups is 3. The van der Waals surface area contributed by atoms with Crippen LogP contribution in [-0.2, 0) is 37.5 Å². The van der Waals surface area contributed by atoms with Crippen molar-refractivity contribution in [3.8, 4) is 0 Å². The van der Waals surface area contributed by atoms with Gasteiger partial charge in [-0.05, 0) is 70.6 Å². The first-order valence-corrected chi connectivity index (χ1v) is 20.8. The number of esters is 2. The lowest BCUT2D eigenvalue weighted by atomic mass is 10.1. The number of carboxylic acid groups (broad SMARTS) is 1. The Balaban J connectivity index is 4.52. The summed E-state index contributed by atoms with van der Waals surface area (Å²) in [5.41, 5.74) is 5.31. The summed E-state index contributed by atoms with van der Waals surface area (Å²) in [6.07, 6.45) is 38.6. The van der Waals surface area contributed by atoms with Crippen LogP contribution in [0.4, 0.5) is 0 Å². The Labute approximate surface area is 313 Å². The number of carbonyl (C=O) groups excluding carboxylic acids is 2. The summed E-state index contributed by atoms with van der Waals surface area (Å²) in [5.74, 6) is -2.44. The molecule has 12 heteroatoms. The van der Waals surface area contributed by atoms with Crippen molar-refractivity contribution in [2.45, 2.75) is 154 Å². The predicted molar refractivity (Wildman–Crippen MR) is 208 cm³/mol. The number of rotatable bonds is 35. The second kappa shape index (κ2) is 35.2. The van der Waals surface area contributed by atoms with Gasteiger partial charge >= 0.3 is 25.7 Å². The van der Waals surface area contributed by atoms with Gasteiger partial charge in [-0.3, -0.25) is 23.4 Å². The molecule has 4 N–H and O–H groups in total. The van der Waals surface area contributed by atoms with Crippen LogP contribution < -0.4 is 5.73 Å². The number of nitrogens with two attached hydrogens (primary N) is 1. The summed E-state index contributed by atoms with van der Waals surface area (Å²) >= 11 is 0. The zero-order valence-corrected chi connectivity index (χ0v) is 32.8. The van der Waals surface area contributed by atoms with Crippen molar-refractivity contribution < 1.29 is 47.5 Å². The number of aliphatic carboxylic acids is 1. The third-order valence-electron chi connectivity index (χ3n) is 7.72. The molecule has 0 aromatic heterocycles. The molecular formula is C40H68NO10P. The van der Waals surface area contributed by atoms with Gasteiger partial charge in [-0.15, -0.1) is 0 Å². The van der Waals surface area contributed by atoms with Gasteiger partial charge in [0.1, 0.15) is 12.6 Å². The molecule has 0 saturated carbocycles.